The van der Waals surface area contributed by atoms with Gasteiger partial charge in [0, 0.05) is 6.54 Å². The first-order chi connectivity index (χ1) is 10.8. The van der Waals surface area contributed by atoms with Crippen molar-refractivity contribution in [3.8, 4) is 0 Å². The monoisotopic (exact) mass is 334 g/mol. The quantitative estimate of drug-likeness (QED) is 0.697. The SMILES string of the molecule is CCCn1nnnc1SCC(=O)Nc1nc2ccccc2s1. The van der Waals surface area contributed by atoms with Crippen molar-refractivity contribution < 1.29 is 4.79 Å². The number of para-hydroxylation sites is 1. The van der Waals surface area contributed by atoms with Crippen molar-refractivity contribution in [1.29, 1.82) is 0 Å². The van der Waals surface area contributed by atoms with Gasteiger partial charge in [-0.2, -0.15) is 0 Å². The van der Waals surface area contributed by atoms with Crippen molar-refractivity contribution >= 4 is 44.4 Å². The zero-order valence-corrected chi connectivity index (χ0v) is 13.5. The van der Waals surface area contributed by atoms with Crippen LogP contribution >= 0.6 is 23.1 Å². The minimum Gasteiger partial charge on any atom is -0.301 e. The van der Waals surface area contributed by atoms with Crippen LogP contribution in [0.25, 0.3) is 10.2 Å². The van der Waals surface area contributed by atoms with Gasteiger partial charge in [0.2, 0.25) is 11.1 Å². The first kappa shape index (κ1) is 14.9. The summed E-state index contributed by atoms with van der Waals surface area (Å²) in [7, 11) is 0. The van der Waals surface area contributed by atoms with Crippen molar-refractivity contribution in [3.63, 3.8) is 0 Å². The summed E-state index contributed by atoms with van der Waals surface area (Å²) in [5, 5.41) is 15.5. The van der Waals surface area contributed by atoms with Crippen molar-refractivity contribution in [2.24, 2.45) is 0 Å². The molecule has 1 aromatic carbocycles. The molecule has 0 saturated carbocycles. The van der Waals surface area contributed by atoms with Crippen LogP contribution in [-0.4, -0.2) is 36.9 Å². The van der Waals surface area contributed by atoms with Gasteiger partial charge in [-0.05, 0) is 29.0 Å². The summed E-state index contributed by atoms with van der Waals surface area (Å²) in [5.74, 6) is 0.134. The number of aryl methyl sites for hydroxylation is 1. The average molecular weight is 334 g/mol. The summed E-state index contributed by atoms with van der Waals surface area (Å²) in [4.78, 5) is 16.4. The Morgan fingerprint density at radius 2 is 2.27 bits per heavy atom. The molecule has 22 heavy (non-hydrogen) atoms. The zero-order valence-electron chi connectivity index (χ0n) is 11.9. The largest absolute Gasteiger partial charge is 0.301 e. The van der Waals surface area contributed by atoms with E-state index in [-0.39, 0.29) is 11.7 Å². The number of carbonyl (C=O) groups is 1. The second-order valence-corrected chi connectivity index (χ2v) is 6.48. The van der Waals surface area contributed by atoms with Crippen molar-refractivity contribution in [2.75, 3.05) is 11.1 Å². The Morgan fingerprint density at radius 1 is 1.41 bits per heavy atom. The van der Waals surface area contributed by atoms with E-state index in [1.54, 1.807) is 4.68 Å². The number of nitrogens with zero attached hydrogens (tertiary/aromatic N) is 5. The third-order valence-electron chi connectivity index (χ3n) is 2.81. The van der Waals surface area contributed by atoms with Crippen molar-refractivity contribution in [1.82, 2.24) is 25.2 Å². The molecule has 0 saturated heterocycles. The number of amides is 1. The molecule has 1 N–H and O–H groups in total. The fraction of sp³-hybridized carbons (Fsp3) is 0.308. The molecule has 3 aromatic rings. The third-order valence-corrected chi connectivity index (χ3v) is 4.72. The number of nitrogens with one attached hydrogen (secondary N) is 1. The number of tetrazole rings is 1. The van der Waals surface area contributed by atoms with Crippen LogP contribution in [0.2, 0.25) is 0 Å². The van der Waals surface area contributed by atoms with E-state index < -0.39 is 0 Å². The maximum absolute atomic E-state index is 12.0. The number of fused-ring (bicyclic) bond motifs is 1. The Hall–Kier alpha value is -2.00. The minimum absolute atomic E-state index is 0.116. The molecule has 7 nitrogen and oxygen atoms in total. The van der Waals surface area contributed by atoms with Crippen LogP contribution in [0.3, 0.4) is 0 Å². The second-order valence-electron chi connectivity index (χ2n) is 4.51. The van der Waals surface area contributed by atoms with E-state index in [4.69, 9.17) is 0 Å². The molecule has 0 unspecified atom stereocenters. The molecule has 0 aliphatic carbocycles. The van der Waals surface area contributed by atoms with Crippen LogP contribution in [0.1, 0.15) is 13.3 Å². The number of thiazole rings is 1. The number of anilines is 1. The molecule has 2 heterocycles. The van der Waals surface area contributed by atoms with Gasteiger partial charge in [-0.25, -0.2) is 9.67 Å². The van der Waals surface area contributed by atoms with Gasteiger partial charge >= 0.3 is 0 Å². The highest BCUT2D eigenvalue weighted by Gasteiger charge is 2.11. The van der Waals surface area contributed by atoms with Crippen molar-refractivity contribution in [3.05, 3.63) is 24.3 Å². The lowest BCUT2D eigenvalue weighted by Crippen LogP contribution is -2.14. The molecular weight excluding hydrogens is 320 g/mol. The van der Waals surface area contributed by atoms with Gasteiger partial charge in [0.1, 0.15) is 0 Å². The van der Waals surface area contributed by atoms with E-state index in [2.05, 4.69) is 32.7 Å². The third kappa shape index (κ3) is 3.42. The lowest BCUT2D eigenvalue weighted by atomic mass is 10.3. The highest BCUT2D eigenvalue weighted by atomic mass is 32.2. The molecule has 0 atom stereocenters. The standard InChI is InChI=1S/C13H14N6OS2/c1-2-7-19-13(16-17-18-19)21-8-11(20)15-12-14-9-5-3-4-6-10(9)22-12/h3-6H,2,7-8H2,1H3,(H,14,15,20). The van der Waals surface area contributed by atoms with Gasteiger partial charge in [-0.15, -0.1) is 5.10 Å². The first-order valence-electron chi connectivity index (χ1n) is 6.80. The van der Waals surface area contributed by atoms with Gasteiger partial charge in [-0.3, -0.25) is 4.79 Å². The fourth-order valence-corrected chi connectivity index (χ4v) is 3.45. The summed E-state index contributed by atoms with van der Waals surface area (Å²) in [6.07, 6.45) is 0.941. The van der Waals surface area contributed by atoms with Crippen LogP contribution < -0.4 is 5.32 Å². The highest BCUT2D eigenvalue weighted by Crippen LogP contribution is 2.25. The normalized spacial score (nSPS) is 11.0. The number of thioether (sulfide) groups is 1. The number of carbonyl (C=O) groups excluding carboxylic acids is 1. The number of hydrogen-bond acceptors (Lipinski definition) is 7. The molecule has 0 fully saturated rings. The van der Waals surface area contributed by atoms with Crippen molar-refractivity contribution in [2.45, 2.75) is 25.0 Å². The van der Waals surface area contributed by atoms with Crippen LogP contribution in [0.4, 0.5) is 5.13 Å². The molecule has 0 aliphatic heterocycles. The Bertz CT molecular complexity index is 751. The summed E-state index contributed by atoms with van der Waals surface area (Å²) >= 11 is 2.78. The number of benzene rings is 1. The Morgan fingerprint density at radius 3 is 3.09 bits per heavy atom. The van der Waals surface area contributed by atoms with E-state index in [9.17, 15) is 4.79 Å². The number of aromatic nitrogens is 5. The summed E-state index contributed by atoms with van der Waals surface area (Å²) in [6.45, 7) is 2.80. The first-order valence-corrected chi connectivity index (χ1v) is 8.61. The van der Waals surface area contributed by atoms with Crippen LogP contribution in [0.15, 0.2) is 29.4 Å². The van der Waals surface area contributed by atoms with Gasteiger partial charge in [-0.1, -0.05) is 42.2 Å². The molecule has 0 spiro atoms. The predicted molar refractivity (Wildman–Crippen MR) is 87.1 cm³/mol. The molecule has 1 amide bonds. The molecule has 114 valence electrons. The average Bonchev–Trinajstić information content (AvgIpc) is 3.11. The Kier molecular flexibility index (Phi) is 4.64. The summed E-state index contributed by atoms with van der Waals surface area (Å²) < 4.78 is 2.76. The Balaban J connectivity index is 1.59. The molecule has 3 rings (SSSR count). The lowest BCUT2D eigenvalue weighted by Gasteiger charge is -2.02. The number of rotatable bonds is 6. The van der Waals surface area contributed by atoms with Gasteiger partial charge in [0.05, 0.1) is 16.0 Å². The highest BCUT2D eigenvalue weighted by molar-refractivity contribution is 7.99. The molecule has 2 aromatic heterocycles. The fourth-order valence-electron chi connectivity index (χ4n) is 1.86. The van der Waals surface area contributed by atoms with E-state index in [1.807, 2.05) is 24.3 Å². The van der Waals surface area contributed by atoms with E-state index in [0.29, 0.717) is 10.3 Å². The number of hydrogen-bond donors (Lipinski definition) is 1. The maximum atomic E-state index is 12.0. The summed E-state index contributed by atoms with van der Waals surface area (Å²) in [5.41, 5.74) is 0.891. The maximum Gasteiger partial charge on any atom is 0.236 e. The van der Waals surface area contributed by atoms with E-state index in [1.165, 1.54) is 23.1 Å². The van der Waals surface area contributed by atoms with Gasteiger partial charge < -0.3 is 5.32 Å². The molecular formula is C13H14N6OS2. The van der Waals surface area contributed by atoms with E-state index in [0.717, 1.165) is 23.2 Å². The van der Waals surface area contributed by atoms with Gasteiger partial charge in [0.25, 0.3) is 0 Å². The van der Waals surface area contributed by atoms with Crippen LogP contribution in [-0.2, 0) is 11.3 Å². The molecule has 0 bridgehead atoms. The topological polar surface area (TPSA) is 85.6 Å². The van der Waals surface area contributed by atoms with Gasteiger partial charge in [0.15, 0.2) is 5.13 Å². The van der Waals surface area contributed by atoms with Crippen LogP contribution in [0.5, 0.6) is 0 Å². The lowest BCUT2D eigenvalue weighted by molar-refractivity contribution is -0.113. The second kappa shape index (κ2) is 6.84. The van der Waals surface area contributed by atoms with E-state index >= 15 is 0 Å². The molecule has 0 aliphatic rings. The minimum atomic E-state index is -0.116. The zero-order chi connectivity index (χ0) is 15.4. The Labute approximate surface area is 135 Å². The molecule has 9 heteroatoms. The smallest absolute Gasteiger partial charge is 0.236 e. The predicted octanol–water partition coefficient (Wildman–Crippen LogP) is 2.42. The summed E-state index contributed by atoms with van der Waals surface area (Å²) in [6, 6.07) is 7.79. The molecule has 0 radical (unpaired) electrons. The van der Waals surface area contributed by atoms with Crippen LogP contribution in [0, 0.1) is 0 Å².